The molecule has 1 aromatic carbocycles. The maximum Gasteiger partial charge on any atom is 0.253 e. The smallest absolute Gasteiger partial charge is 0.253 e. The van der Waals surface area contributed by atoms with Crippen LogP contribution >= 0.6 is 0 Å². The Morgan fingerprint density at radius 2 is 2.00 bits per heavy atom. The van der Waals surface area contributed by atoms with E-state index in [1.165, 1.54) is 0 Å². The third kappa shape index (κ3) is 2.28. The molecule has 0 unspecified atom stereocenters. The lowest BCUT2D eigenvalue weighted by atomic mass is 10.2. The molecule has 0 radical (unpaired) electrons. The monoisotopic (exact) mass is 299 g/mol. The molecule has 116 valence electrons. The van der Waals surface area contributed by atoms with Crippen molar-refractivity contribution in [3.8, 4) is 0 Å². The molecule has 6 nitrogen and oxygen atoms in total. The van der Waals surface area contributed by atoms with Gasteiger partial charge in [-0.1, -0.05) is 6.07 Å². The van der Waals surface area contributed by atoms with Crippen molar-refractivity contribution in [3.63, 3.8) is 0 Å². The third-order valence-corrected chi connectivity index (χ3v) is 4.67. The van der Waals surface area contributed by atoms with E-state index in [-0.39, 0.29) is 5.91 Å². The molecule has 0 aliphatic carbocycles. The minimum atomic E-state index is 0.00963. The Bertz CT molecular complexity index is 715. The molecule has 1 aromatic heterocycles. The van der Waals surface area contributed by atoms with Crippen molar-refractivity contribution in [3.05, 3.63) is 29.6 Å². The summed E-state index contributed by atoms with van der Waals surface area (Å²) in [6.07, 6.45) is 0. The maximum atomic E-state index is 12.2. The van der Waals surface area contributed by atoms with Gasteiger partial charge < -0.3 is 14.8 Å². The van der Waals surface area contributed by atoms with Gasteiger partial charge in [0.05, 0.1) is 23.1 Å². The van der Waals surface area contributed by atoms with Crippen molar-refractivity contribution in [2.24, 2.45) is 0 Å². The number of hydrogen-bond acceptors (Lipinski definition) is 4. The fourth-order valence-corrected chi connectivity index (χ4v) is 3.36. The van der Waals surface area contributed by atoms with Crippen molar-refractivity contribution in [2.75, 3.05) is 39.8 Å². The lowest BCUT2D eigenvalue weighted by Crippen LogP contribution is -2.44. The number of benzene rings is 1. The fourth-order valence-electron chi connectivity index (χ4n) is 3.36. The van der Waals surface area contributed by atoms with E-state index in [0.29, 0.717) is 6.54 Å². The van der Waals surface area contributed by atoms with Crippen LogP contribution in [0.1, 0.15) is 16.2 Å². The van der Waals surface area contributed by atoms with Gasteiger partial charge in [0.1, 0.15) is 5.82 Å². The zero-order valence-electron chi connectivity index (χ0n) is 12.9. The van der Waals surface area contributed by atoms with Gasteiger partial charge in [0.15, 0.2) is 0 Å². The van der Waals surface area contributed by atoms with Crippen molar-refractivity contribution in [2.45, 2.75) is 13.1 Å². The first-order valence-corrected chi connectivity index (χ1v) is 7.89. The minimum absolute atomic E-state index is 0.00963. The van der Waals surface area contributed by atoms with E-state index in [1.54, 1.807) is 0 Å². The Morgan fingerprint density at radius 1 is 1.18 bits per heavy atom. The predicted octanol–water partition coefficient (Wildman–Crippen LogP) is 0.527. The van der Waals surface area contributed by atoms with Gasteiger partial charge in [-0.15, -0.1) is 0 Å². The Hall–Kier alpha value is -1.92. The molecule has 2 aliphatic rings. The topological polar surface area (TPSA) is 53.4 Å². The quantitative estimate of drug-likeness (QED) is 0.879. The molecule has 3 heterocycles. The van der Waals surface area contributed by atoms with E-state index in [9.17, 15) is 4.79 Å². The van der Waals surface area contributed by atoms with Crippen LogP contribution in [0.4, 0.5) is 0 Å². The van der Waals surface area contributed by atoms with E-state index < -0.39 is 0 Å². The summed E-state index contributed by atoms with van der Waals surface area (Å²) in [6, 6.07) is 5.81. The van der Waals surface area contributed by atoms with Gasteiger partial charge in [-0.05, 0) is 19.2 Å². The molecule has 0 atom stereocenters. The van der Waals surface area contributed by atoms with Crippen molar-refractivity contribution in [1.29, 1.82) is 0 Å². The predicted molar refractivity (Wildman–Crippen MR) is 84.8 cm³/mol. The van der Waals surface area contributed by atoms with Gasteiger partial charge in [0.2, 0.25) is 0 Å². The number of hydrogen-bond donors (Lipinski definition) is 1. The highest BCUT2D eigenvalue weighted by Crippen LogP contribution is 2.23. The SMILES string of the molecule is CN1CCN(Cc2nc3cccc4c3n2CCNC4=O)CC1. The minimum Gasteiger partial charge on any atom is -0.350 e. The van der Waals surface area contributed by atoms with Gasteiger partial charge in [-0.25, -0.2) is 4.98 Å². The highest BCUT2D eigenvalue weighted by molar-refractivity contribution is 6.05. The number of amides is 1. The van der Waals surface area contributed by atoms with Gasteiger partial charge in [-0.3, -0.25) is 9.69 Å². The average Bonchev–Trinajstić information content (AvgIpc) is 2.77. The molecule has 22 heavy (non-hydrogen) atoms. The molecule has 1 N–H and O–H groups in total. The molecule has 1 fully saturated rings. The molecule has 2 aromatic rings. The largest absolute Gasteiger partial charge is 0.350 e. The number of piperazine rings is 1. The van der Waals surface area contributed by atoms with E-state index in [4.69, 9.17) is 4.98 Å². The molecule has 1 saturated heterocycles. The van der Waals surface area contributed by atoms with Gasteiger partial charge in [0.25, 0.3) is 5.91 Å². The normalized spacial score (nSPS) is 20.1. The van der Waals surface area contributed by atoms with Gasteiger partial charge >= 0.3 is 0 Å². The van der Waals surface area contributed by atoms with Crippen molar-refractivity contribution in [1.82, 2.24) is 24.7 Å². The standard InChI is InChI=1S/C16H21N5O/c1-19-7-9-20(10-8-19)11-14-18-13-4-2-3-12-15(13)21(14)6-5-17-16(12)22/h2-4H,5-11H2,1H3,(H,17,22). The van der Waals surface area contributed by atoms with Crippen LogP contribution in [0.15, 0.2) is 18.2 Å². The highest BCUT2D eigenvalue weighted by atomic mass is 16.1. The van der Waals surface area contributed by atoms with E-state index >= 15 is 0 Å². The van der Waals surface area contributed by atoms with Crippen LogP contribution in [-0.4, -0.2) is 65.0 Å². The molecule has 0 saturated carbocycles. The fraction of sp³-hybridized carbons (Fsp3) is 0.500. The van der Waals surface area contributed by atoms with Gasteiger partial charge in [0, 0.05) is 39.3 Å². The van der Waals surface area contributed by atoms with E-state index in [0.717, 1.165) is 61.7 Å². The molecule has 6 heteroatoms. The summed E-state index contributed by atoms with van der Waals surface area (Å²) < 4.78 is 2.22. The number of nitrogens with zero attached hydrogens (tertiary/aromatic N) is 4. The van der Waals surface area contributed by atoms with Crippen LogP contribution in [0.2, 0.25) is 0 Å². The second kappa shape index (κ2) is 5.37. The summed E-state index contributed by atoms with van der Waals surface area (Å²) in [5.74, 6) is 1.08. The van der Waals surface area contributed by atoms with Crippen LogP contribution in [0, 0.1) is 0 Å². The molecule has 2 aliphatic heterocycles. The summed E-state index contributed by atoms with van der Waals surface area (Å²) in [4.78, 5) is 21.8. The van der Waals surface area contributed by atoms with Crippen LogP contribution in [-0.2, 0) is 13.1 Å². The molecular weight excluding hydrogens is 278 g/mol. The second-order valence-electron chi connectivity index (χ2n) is 6.19. The lowest BCUT2D eigenvalue weighted by molar-refractivity contribution is 0.0956. The summed E-state index contributed by atoms with van der Waals surface area (Å²) >= 11 is 0. The first kappa shape index (κ1) is 13.7. The first-order valence-electron chi connectivity index (χ1n) is 7.89. The van der Waals surface area contributed by atoms with Crippen molar-refractivity contribution < 1.29 is 4.79 Å². The number of rotatable bonds is 2. The summed E-state index contributed by atoms with van der Waals surface area (Å²) in [5, 5.41) is 2.97. The second-order valence-corrected chi connectivity index (χ2v) is 6.19. The number of imidazole rings is 1. The zero-order valence-corrected chi connectivity index (χ0v) is 12.9. The zero-order chi connectivity index (χ0) is 15.1. The van der Waals surface area contributed by atoms with Crippen LogP contribution in [0.3, 0.4) is 0 Å². The number of carbonyl (C=O) groups excluding carboxylic acids is 1. The number of nitrogens with one attached hydrogen (secondary N) is 1. The third-order valence-electron chi connectivity index (χ3n) is 4.67. The average molecular weight is 299 g/mol. The Morgan fingerprint density at radius 3 is 2.82 bits per heavy atom. The maximum absolute atomic E-state index is 12.2. The number of likely N-dealkylation sites (N-methyl/N-ethyl adjacent to an activating group) is 1. The Labute approximate surface area is 129 Å². The Kier molecular flexibility index (Phi) is 3.35. The molecule has 0 bridgehead atoms. The summed E-state index contributed by atoms with van der Waals surface area (Å²) in [5.41, 5.74) is 2.66. The highest BCUT2D eigenvalue weighted by Gasteiger charge is 2.23. The van der Waals surface area contributed by atoms with Crippen molar-refractivity contribution >= 4 is 16.9 Å². The molecule has 1 amide bonds. The molecule has 0 spiro atoms. The first-order chi connectivity index (χ1) is 10.7. The molecule has 4 rings (SSSR count). The van der Waals surface area contributed by atoms with E-state index in [1.807, 2.05) is 18.2 Å². The summed E-state index contributed by atoms with van der Waals surface area (Å²) in [7, 11) is 2.17. The molecular formula is C16H21N5O. The van der Waals surface area contributed by atoms with Gasteiger partial charge in [-0.2, -0.15) is 0 Å². The number of aromatic nitrogens is 2. The van der Waals surface area contributed by atoms with E-state index in [2.05, 4.69) is 26.7 Å². The lowest BCUT2D eigenvalue weighted by Gasteiger charge is -2.32. The number of carbonyl (C=O) groups is 1. The number of para-hydroxylation sites is 1. The van der Waals surface area contributed by atoms with Crippen LogP contribution < -0.4 is 5.32 Å². The summed E-state index contributed by atoms with van der Waals surface area (Å²) in [6.45, 7) is 6.66. The van der Waals surface area contributed by atoms with Crippen LogP contribution in [0.25, 0.3) is 11.0 Å². The Balaban J connectivity index is 1.71. The van der Waals surface area contributed by atoms with Crippen LogP contribution in [0.5, 0.6) is 0 Å².